The molecule has 1 aromatic carbocycles. The van der Waals surface area contributed by atoms with Gasteiger partial charge >= 0.3 is 6.18 Å². The van der Waals surface area contributed by atoms with Crippen LogP contribution in [0.3, 0.4) is 0 Å². The Morgan fingerprint density at radius 3 is 2.65 bits per heavy atom. The van der Waals surface area contributed by atoms with Crippen LogP contribution in [0.25, 0.3) is 0 Å². The first kappa shape index (κ1) is 17.1. The lowest BCUT2D eigenvalue weighted by Crippen LogP contribution is -2.22. The molecule has 1 aromatic rings. The van der Waals surface area contributed by atoms with E-state index in [0.29, 0.717) is 22.8 Å². The second kappa shape index (κ2) is 7.71. The maximum absolute atomic E-state index is 11.9. The van der Waals surface area contributed by atoms with Gasteiger partial charge in [0.25, 0.3) is 0 Å². The van der Waals surface area contributed by atoms with E-state index in [2.05, 4.69) is 4.74 Å². The number of halogens is 4. The average molecular weight is 312 g/mol. The summed E-state index contributed by atoms with van der Waals surface area (Å²) in [6.45, 7) is 0.0973. The van der Waals surface area contributed by atoms with E-state index in [1.54, 1.807) is 18.2 Å². The zero-order chi connectivity index (χ0) is 15.2. The zero-order valence-electron chi connectivity index (χ0n) is 11.0. The molecule has 0 aliphatic heterocycles. The molecule has 1 atom stereocenters. The van der Waals surface area contributed by atoms with Crippen LogP contribution in [0.2, 0.25) is 5.02 Å². The van der Waals surface area contributed by atoms with Crippen molar-refractivity contribution in [1.82, 2.24) is 0 Å². The lowest BCUT2D eigenvalue weighted by Gasteiger charge is -2.16. The Hall–Kier alpha value is -0.980. The molecule has 0 bridgehead atoms. The van der Waals surface area contributed by atoms with E-state index in [1.165, 1.54) is 0 Å². The van der Waals surface area contributed by atoms with Crippen LogP contribution >= 0.6 is 11.6 Å². The highest BCUT2D eigenvalue weighted by molar-refractivity contribution is 6.31. The highest BCUT2D eigenvalue weighted by Crippen LogP contribution is 2.28. The van der Waals surface area contributed by atoms with Crippen LogP contribution < -0.4 is 10.5 Å². The fourth-order valence-corrected chi connectivity index (χ4v) is 1.78. The minimum Gasteiger partial charge on any atom is -0.467 e. The molecule has 0 heterocycles. The SMILES string of the molecule is CCC(N)Cc1c(Cl)cccc1OCOCC(F)(F)F. The molecule has 3 nitrogen and oxygen atoms in total. The van der Waals surface area contributed by atoms with E-state index >= 15 is 0 Å². The summed E-state index contributed by atoms with van der Waals surface area (Å²) < 4.78 is 45.4. The summed E-state index contributed by atoms with van der Waals surface area (Å²) in [7, 11) is 0. The lowest BCUT2D eigenvalue weighted by molar-refractivity contribution is -0.186. The van der Waals surface area contributed by atoms with E-state index in [-0.39, 0.29) is 6.04 Å². The number of ether oxygens (including phenoxy) is 2. The maximum atomic E-state index is 11.9. The van der Waals surface area contributed by atoms with E-state index in [9.17, 15) is 13.2 Å². The Labute approximate surface area is 120 Å². The molecule has 0 radical (unpaired) electrons. The minimum absolute atomic E-state index is 0.0895. The molecule has 0 saturated carbocycles. The molecular formula is C13H17ClF3NO2. The van der Waals surface area contributed by atoms with Gasteiger partial charge in [-0.3, -0.25) is 0 Å². The molecule has 0 aromatic heterocycles. The lowest BCUT2D eigenvalue weighted by atomic mass is 10.0. The van der Waals surface area contributed by atoms with Crippen LogP contribution in [0.1, 0.15) is 18.9 Å². The molecule has 0 amide bonds. The summed E-state index contributed by atoms with van der Waals surface area (Å²) in [6.07, 6.45) is -3.12. The summed E-state index contributed by atoms with van der Waals surface area (Å²) >= 11 is 6.06. The Bertz CT molecular complexity index is 427. The van der Waals surface area contributed by atoms with Crippen molar-refractivity contribution in [3.8, 4) is 5.75 Å². The van der Waals surface area contributed by atoms with E-state index in [0.717, 1.165) is 6.42 Å². The Morgan fingerprint density at radius 2 is 2.05 bits per heavy atom. The second-order valence-corrected chi connectivity index (χ2v) is 4.72. The zero-order valence-corrected chi connectivity index (χ0v) is 11.8. The highest BCUT2D eigenvalue weighted by atomic mass is 35.5. The molecule has 0 aliphatic rings. The second-order valence-electron chi connectivity index (χ2n) is 4.31. The predicted molar refractivity (Wildman–Crippen MR) is 70.9 cm³/mol. The van der Waals surface area contributed by atoms with Crippen molar-refractivity contribution in [2.45, 2.75) is 32.0 Å². The number of rotatable bonds is 7. The van der Waals surface area contributed by atoms with Gasteiger partial charge in [-0.05, 0) is 25.0 Å². The quantitative estimate of drug-likeness (QED) is 0.619. The molecule has 0 spiro atoms. The van der Waals surface area contributed by atoms with Gasteiger partial charge in [-0.1, -0.05) is 24.6 Å². The monoisotopic (exact) mass is 311 g/mol. The van der Waals surface area contributed by atoms with Crippen LogP contribution in [-0.2, 0) is 11.2 Å². The van der Waals surface area contributed by atoms with Crippen molar-refractivity contribution in [2.24, 2.45) is 5.73 Å². The largest absolute Gasteiger partial charge is 0.467 e. The third kappa shape index (κ3) is 5.98. The highest BCUT2D eigenvalue weighted by Gasteiger charge is 2.27. The molecule has 0 fully saturated rings. The van der Waals surface area contributed by atoms with Gasteiger partial charge in [0.1, 0.15) is 12.4 Å². The fourth-order valence-electron chi connectivity index (χ4n) is 1.54. The number of hydrogen-bond donors (Lipinski definition) is 1. The van der Waals surface area contributed by atoms with Crippen molar-refractivity contribution in [3.63, 3.8) is 0 Å². The summed E-state index contributed by atoms with van der Waals surface area (Å²) in [5.41, 5.74) is 6.54. The summed E-state index contributed by atoms with van der Waals surface area (Å²) in [5.74, 6) is 0.392. The Kier molecular flexibility index (Phi) is 6.58. The summed E-state index contributed by atoms with van der Waals surface area (Å²) in [5, 5.41) is 0.474. The summed E-state index contributed by atoms with van der Waals surface area (Å²) in [6, 6.07) is 4.87. The molecule has 114 valence electrons. The normalized spacial score (nSPS) is 13.3. The third-order valence-electron chi connectivity index (χ3n) is 2.63. The molecule has 1 unspecified atom stereocenters. The number of nitrogens with two attached hydrogens (primary N) is 1. The molecule has 1 rings (SSSR count). The van der Waals surface area contributed by atoms with E-state index in [4.69, 9.17) is 22.1 Å². The van der Waals surface area contributed by atoms with Gasteiger partial charge in [0.05, 0.1) is 0 Å². The van der Waals surface area contributed by atoms with Crippen LogP contribution in [0.5, 0.6) is 5.75 Å². The van der Waals surface area contributed by atoms with Gasteiger partial charge in [-0.15, -0.1) is 0 Å². The van der Waals surface area contributed by atoms with Gasteiger partial charge in [0.2, 0.25) is 0 Å². The van der Waals surface area contributed by atoms with Crippen molar-refractivity contribution in [3.05, 3.63) is 28.8 Å². The fraction of sp³-hybridized carbons (Fsp3) is 0.538. The topological polar surface area (TPSA) is 44.5 Å². The van der Waals surface area contributed by atoms with Crippen LogP contribution in [0, 0.1) is 0 Å². The van der Waals surface area contributed by atoms with Crippen molar-refractivity contribution < 1.29 is 22.6 Å². The van der Waals surface area contributed by atoms with Gasteiger partial charge in [0, 0.05) is 16.6 Å². The minimum atomic E-state index is -4.37. The van der Waals surface area contributed by atoms with Gasteiger partial charge in [0.15, 0.2) is 6.79 Å². The average Bonchev–Trinajstić information content (AvgIpc) is 2.36. The molecule has 7 heteroatoms. The molecule has 2 N–H and O–H groups in total. The number of benzene rings is 1. The Morgan fingerprint density at radius 1 is 1.35 bits per heavy atom. The van der Waals surface area contributed by atoms with Crippen molar-refractivity contribution >= 4 is 11.6 Å². The van der Waals surface area contributed by atoms with E-state index < -0.39 is 19.6 Å². The first-order valence-electron chi connectivity index (χ1n) is 6.13. The third-order valence-corrected chi connectivity index (χ3v) is 2.98. The van der Waals surface area contributed by atoms with Crippen molar-refractivity contribution in [1.29, 1.82) is 0 Å². The predicted octanol–water partition coefficient (Wildman–Crippen LogP) is 3.54. The van der Waals surface area contributed by atoms with Gasteiger partial charge < -0.3 is 15.2 Å². The number of hydrogen-bond acceptors (Lipinski definition) is 3. The smallest absolute Gasteiger partial charge is 0.411 e. The van der Waals surface area contributed by atoms with Crippen LogP contribution in [0.15, 0.2) is 18.2 Å². The van der Waals surface area contributed by atoms with Crippen molar-refractivity contribution in [2.75, 3.05) is 13.4 Å². The van der Waals surface area contributed by atoms with E-state index in [1.807, 2.05) is 6.92 Å². The molecular weight excluding hydrogens is 295 g/mol. The van der Waals surface area contributed by atoms with Crippen LogP contribution in [-0.4, -0.2) is 25.6 Å². The Balaban J connectivity index is 2.62. The first-order chi connectivity index (χ1) is 9.33. The maximum Gasteiger partial charge on any atom is 0.411 e. The standard InChI is InChI=1S/C13H17ClF3NO2/c1-2-9(18)6-10-11(14)4-3-5-12(10)20-8-19-7-13(15,16)17/h3-5,9H,2,6-8,18H2,1H3. The van der Waals surface area contributed by atoms with Gasteiger partial charge in [-0.25, -0.2) is 0 Å². The number of alkyl halides is 3. The summed E-state index contributed by atoms with van der Waals surface area (Å²) in [4.78, 5) is 0. The molecule has 0 aliphatic carbocycles. The van der Waals surface area contributed by atoms with Crippen LogP contribution in [0.4, 0.5) is 13.2 Å². The van der Waals surface area contributed by atoms with Gasteiger partial charge in [-0.2, -0.15) is 13.2 Å². The molecule has 0 saturated heterocycles. The first-order valence-corrected chi connectivity index (χ1v) is 6.51. The molecule has 20 heavy (non-hydrogen) atoms.